The second kappa shape index (κ2) is 3.32. The zero-order chi connectivity index (χ0) is 8.27. The maximum absolute atomic E-state index is 11.6. The van der Waals surface area contributed by atoms with Crippen molar-refractivity contribution >= 4 is 0 Å². The van der Waals surface area contributed by atoms with Gasteiger partial charge in [0.2, 0.25) is 5.88 Å². The Bertz CT molecular complexity index is 224. The molecule has 0 aliphatic rings. The molecule has 0 unspecified atom stereocenters. The van der Waals surface area contributed by atoms with E-state index >= 15 is 0 Å². The summed E-state index contributed by atoms with van der Waals surface area (Å²) >= 11 is 0. The molecule has 0 radical (unpaired) electrons. The van der Waals surface area contributed by atoms with Crippen LogP contribution in [0.2, 0.25) is 0 Å². The third-order valence-electron chi connectivity index (χ3n) is 1.05. The molecular formula is C6H8F2N2O. The van der Waals surface area contributed by atoms with Crippen molar-refractivity contribution in [2.75, 3.05) is 6.61 Å². The molecule has 1 rings (SSSR count). The van der Waals surface area contributed by atoms with Gasteiger partial charge in [0.25, 0.3) is 6.43 Å². The van der Waals surface area contributed by atoms with Gasteiger partial charge in [0.1, 0.15) is 0 Å². The smallest absolute Gasteiger partial charge is 0.272 e. The second-order valence-electron chi connectivity index (χ2n) is 2.03. The van der Waals surface area contributed by atoms with E-state index in [0.29, 0.717) is 0 Å². The molecule has 0 amide bonds. The highest BCUT2D eigenvalue weighted by Gasteiger charge is 2.04. The van der Waals surface area contributed by atoms with Gasteiger partial charge in [-0.1, -0.05) is 0 Å². The van der Waals surface area contributed by atoms with Crippen molar-refractivity contribution in [1.29, 1.82) is 0 Å². The third-order valence-corrected chi connectivity index (χ3v) is 1.05. The van der Waals surface area contributed by atoms with E-state index in [-0.39, 0.29) is 5.88 Å². The van der Waals surface area contributed by atoms with Gasteiger partial charge in [0, 0.05) is 19.3 Å². The van der Waals surface area contributed by atoms with Crippen LogP contribution in [0.5, 0.6) is 5.88 Å². The predicted octanol–water partition coefficient (Wildman–Crippen LogP) is 1.06. The molecule has 1 heterocycles. The molecule has 0 spiro atoms. The highest BCUT2D eigenvalue weighted by atomic mass is 19.3. The van der Waals surface area contributed by atoms with Crippen LogP contribution in [0.15, 0.2) is 12.3 Å². The number of alkyl halides is 2. The lowest BCUT2D eigenvalue weighted by Gasteiger charge is -1.99. The van der Waals surface area contributed by atoms with Crippen molar-refractivity contribution < 1.29 is 13.5 Å². The minimum Gasteiger partial charge on any atom is -0.471 e. The molecule has 1 aromatic rings. The maximum atomic E-state index is 11.6. The van der Waals surface area contributed by atoms with Crippen LogP contribution in [0.1, 0.15) is 0 Å². The zero-order valence-electron chi connectivity index (χ0n) is 6.00. The molecule has 62 valence electrons. The molecule has 0 bridgehead atoms. The molecule has 0 N–H and O–H groups in total. The summed E-state index contributed by atoms with van der Waals surface area (Å²) in [5.74, 6) is 0.229. The van der Waals surface area contributed by atoms with E-state index in [1.807, 2.05) is 0 Å². The van der Waals surface area contributed by atoms with Crippen LogP contribution in [0, 0.1) is 0 Å². The fourth-order valence-electron chi connectivity index (χ4n) is 0.619. The second-order valence-corrected chi connectivity index (χ2v) is 2.03. The Kier molecular flexibility index (Phi) is 2.40. The van der Waals surface area contributed by atoms with Crippen LogP contribution in [-0.4, -0.2) is 22.8 Å². The number of aromatic nitrogens is 2. The fraction of sp³-hybridized carbons (Fsp3) is 0.500. The summed E-state index contributed by atoms with van der Waals surface area (Å²) in [7, 11) is 1.69. The zero-order valence-corrected chi connectivity index (χ0v) is 6.00. The van der Waals surface area contributed by atoms with Crippen molar-refractivity contribution in [3.05, 3.63) is 12.3 Å². The molecule has 0 aliphatic heterocycles. The van der Waals surface area contributed by atoms with Gasteiger partial charge in [0.05, 0.1) is 0 Å². The summed E-state index contributed by atoms with van der Waals surface area (Å²) in [6, 6.07) is 1.53. The summed E-state index contributed by atoms with van der Waals surface area (Å²) in [4.78, 5) is 0. The summed E-state index contributed by atoms with van der Waals surface area (Å²) in [5.41, 5.74) is 0. The van der Waals surface area contributed by atoms with E-state index in [2.05, 4.69) is 9.84 Å². The molecule has 1 aromatic heterocycles. The minimum atomic E-state index is -2.45. The van der Waals surface area contributed by atoms with Crippen LogP contribution >= 0.6 is 0 Å². The van der Waals surface area contributed by atoms with Gasteiger partial charge >= 0.3 is 0 Å². The molecule has 11 heavy (non-hydrogen) atoms. The van der Waals surface area contributed by atoms with Crippen LogP contribution in [-0.2, 0) is 7.05 Å². The lowest BCUT2D eigenvalue weighted by Crippen LogP contribution is -2.07. The van der Waals surface area contributed by atoms with E-state index in [0.717, 1.165) is 0 Å². The topological polar surface area (TPSA) is 27.1 Å². The first-order valence-electron chi connectivity index (χ1n) is 3.09. The first kappa shape index (κ1) is 7.97. The Hall–Kier alpha value is -1.13. The summed E-state index contributed by atoms with van der Waals surface area (Å²) in [5, 5.41) is 3.74. The highest BCUT2D eigenvalue weighted by Crippen LogP contribution is 2.05. The number of halogens is 2. The Labute approximate surface area is 62.6 Å². The Morgan fingerprint density at radius 3 is 2.91 bits per heavy atom. The van der Waals surface area contributed by atoms with Gasteiger partial charge in [0.15, 0.2) is 6.61 Å². The van der Waals surface area contributed by atoms with Crippen molar-refractivity contribution in [2.45, 2.75) is 6.43 Å². The number of ether oxygens (including phenoxy) is 1. The van der Waals surface area contributed by atoms with Crippen molar-refractivity contribution in [2.24, 2.45) is 7.05 Å². The number of rotatable bonds is 3. The van der Waals surface area contributed by atoms with Gasteiger partial charge in [-0.3, -0.25) is 4.68 Å². The van der Waals surface area contributed by atoms with Crippen molar-refractivity contribution in [3.63, 3.8) is 0 Å². The highest BCUT2D eigenvalue weighted by molar-refractivity contribution is 5.05. The van der Waals surface area contributed by atoms with Crippen molar-refractivity contribution in [3.8, 4) is 5.88 Å². The van der Waals surface area contributed by atoms with Gasteiger partial charge in [-0.05, 0) is 0 Å². The van der Waals surface area contributed by atoms with Gasteiger partial charge in [-0.2, -0.15) is 0 Å². The Morgan fingerprint density at radius 1 is 1.73 bits per heavy atom. The molecule has 5 heteroatoms. The number of hydrogen-bond donors (Lipinski definition) is 0. The van der Waals surface area contributed by atoms with Crippen LogP contribution < -0.4 is 4.74 Å². The van der Waals surface area contributed by atoms with E-state index in [1.54, 1.807) is 13.2 Å². The third kappa shape index (κ3) is 2.53. The van der Waals surface area contributed by atoms with Gasteiger partial charge in [-0.15, -0.1) is 5.10 Å². The van der Waals surface area contributed by atoms with Gasteiger partial charge < -0.3 is 4.74 Å². The molecule has 0 aliphatic carbocycles. The van der Waals surface area contributed by atoms with E-state index in [4.69, 9.17) is 0 Å². The standard InChI is InChI=1S/C6H8F2N2O/c1-10-3-2-6(9-10)11-4-5(7)8/h2-3,5H,4H2,1H3. The lowest BCUT2D eigenvalue weighted by atomic mass is 10.7. The van der Waals surface area contributed by atoms with Gasteiger partial charge in [-0.25, -0.2) is 8.78 Å². The molecule has 0 saturated carbocycles. The van der Waals surface area contributed by atoms with E-state index in [1.165, 1.54) is 10.7 Å². The Balaban J connectivity index is 2.39. The van der Waals surface area contributed by atoms with E-state index < -0.39 is 13.0 Å². The molecular weight excluding hydrogens is 154 g/mol. The normalized spacial score (nSPS) is 10.5. The molecule has 0 aromatic carbocycles. The number of aryl methyl sites for hydroxylation is 1. The van der Waals surface area contributed by atoms with Crippen molar-refractivity contribution in [1.82, 2.24) is 9.78 Å². The van der Waals surface area contributed by atoms with Crippen LogP contribution in [0.25, 0.3) is 0 Å². The molecule has 0 fully saturated rings. The average molecular weight is 162 g/mol. The molecule has 0 atom stereocenters. The Morgan fingerprint density at radius 2 is 2.45 bits per heavy atom. The SMILES string of the molecule is Cn1ccc(OCC(F)F)n1. The van der Waals surface area contributed by atoms with Crippen LogP contribution in [0.3, 0.4) is 0 Å². The number of nitrogens with zero attached hydrogens (tertiary/aromatic N) is 2. The fourth-order valence-corrected chi connectivity index (χ4v) is 0.619. The monoisotopic (exact) mass is 162 g/mol. The van der Waals surface area contributed by atoms with E-state index in [9.17, 15) is 8.78 Å². The maximum Gasteiger partial charge on any atom is 0.272 e. The first-order chi connectivity index (χ1) is 5.18. The largest absolute Gasteiger partial charge is 0.471 e. The first-order valence-corrected chi connectivity index (χ1v) is 3.09. The summed E-state index contributed by atoms with van der Waals surface area (Å²) < 4.78 is 29.2. The molecule has 3 nitrogen and oxygen atoms in total. The molecule has 0 saturated heterocycles. The number of hydrogen-bond acceptors (Lipinski definition) is 2. The minimum absolute atomic E-state index is 0.229. The summed E-state index contributed by atoms with van der Waals surface area (Å²) in [6.07, 6.45) is -0.821. The summed E-state index contributed by atoms with van der Waals surface area (Å²) in [6.45, 7) is -0.600. The quantitative estimate of drug-likeness (QED) is 0.664. The average Bonchev–Trinajstić information content (AvgIpc) is 2.31. The lowest BCUT2D eigenvalue weighted by molar-refractivity contribution is 0.0793. The van der Waals surface area contributed by atoms with Crippen LogP contribution in [0.4, 0.5) is 8.78 Å². The predicted molar refractivity (Wildman–Crippen MR) is 34.7 cm³/mol.